The van der Waals surface area contributed by atoms with Gasteiger partial charge in [-0.25, -0.2) is 9.78 Å². The highest BCUT2D eigenvalue weighted by molar-refractivity contribution is 6.32. The molecule has 1 N–H and O–H groups in total. The molecule has 0 atom stereocenters. The van der Waals surface area contributed by atoms with Gasteiger partial charge < -0.3 is 9.84 Å². The molecule has 0 spiro atoms. The predicted molar refractivity (Wildman–Crippen MR) is 65.8 cm³/mol. The summed E-state index contributed by atoms with van der Waals surface area (Å²) in [7, 11) is 0. The van der Waals surface area contributed by atoms with Crippen LogP contribution in [0.3, 0.4) is 0 Å². The van der Waals surface area contributed by atoms with Gasteiger partial charge >= 0.3 is 5.97 Å². The van der Waals surface area contributed by atoms with Gasteiger partial charge in [-0.2, -0.15) is 0 Å². The zero-order valence-corrected chi connectivity index (χ0v) is 10.9. The minimum atomic E-state index is -1.05. The van der Waals surface area contributed by atoms with Gasteiger partial charge in [0.15, 0.2) is 0 Å². The van der Waals surface area contributed by atoms with Crippen LogP contribution in [0.15, 0.2) is 12.3 Å². The van der Waals surface area contributed by atoms with Crippen molar-refractivity contribution in [2.75, 3.05) is 6.61 Å². The summed E-state index contributed by atoms with van der Waals surface area (Å²) in [6.07, 6.45) is 2.10. The lowest BCUT2D eigenvalue weighted by atomic mass is 9.93. The van der Waals surface area contributed by atoms with Crippen LogP contribution in [-0.4, -0.2) is 22.7 Å². The van der Waals surface area contributed by atoms with Gasteiger partial charge in [0.25, 0.3) is 0 Å². The molecule has 0 saturated carbocycles. The van der Waals surface area contributed by atoms with Gasteiger partial charge in [0.2, 0.25) is 5.88 Å². The standard InChI is InChI=1S/C12H16ClNO3/c1-12(2,3)4-5-17-10-9(13)6-8(7-14-10)11(15)16/h6-7H,4-5H2,1-3H3,(H,15,16). The fourth-order valence-corrected chi connectivity index (χ4v) is 1.32. The minimum Gasteiger partial charge on any atom is -0.478 e. The van der Waals surface area contributed by atoms with Crippen molar-refractivity contribution in [1.82, 2.24) is 4.98 Å². The Morgan fingerprint density at radius 2 is 2.18 bits per heavy atom. The molecule has 0 saturated heterocycles. The zero-order chi connectivity index (χ0) is 13.1. The summed E-state index contributed by atoms with van der Waals surface area (Å²) >= 11 is 5.87. The molecule has 0 unspecified atom stereocenters. The average molecular weight is 258 g/mol. The van der Waals surface area contributed by atoms with Crippen LogP contribution in [0.2, 0.25) is 5.02 Å². The molecule has 0 aliphatic rings. The van der Waals surface area contributed by atoms with Crippen LogP contribution >= 0.6 is 11.6 Å². The highest BCUT2D eigenvalue weighted by atomic mass is 35.5. The van der Waals surface area contributed by atoms with E-state index < -0.39 is 5.97 Å². The first-order valence-electron chi connectivity index (χ1n) is 5.31. The number of aromatic nitrogens is 1. The summed E-state index contributed by atoms with van der Waals surface area (Å²) in [5, 5.41) is 8.96. The molecule has 0 radical (unpaired) electrons. The second-order valence-corrected chi connectivity index (χ2v) is 5.38. The first-order chi connectivity index (χ1) is 7.79. The van der Waals surface area contributed by atoms with E-state index >= 15 is 0 Å². The van der Waals surface area contributed by atoms with Crippen molar-refractivity contribution < 1.29 is 14.6 Å². The maximum atomic E-state index is 10.7. The largest absolute Gasteiger partial charge is 0.478 e. The number of pyridine rings is 1. The highest BCUT2D eigenvalue weighted by Gasteiger charge is 2.12. The van der Waals surface area contributed by atoms with Crippen LogP contribution in [-0.2, 0) is 0 Å². The molecular weight excluding hydrogens is 242 g/mol. The van der Waals surface area contributed by atoms with Crippen molar-refractivity contribution in [2.45, 2.75) is 27.2 Å². The van der Waals surface area contributed by atoms with Crippen molar-refractivity contribution in [3.05, 3.63) is 22.8 Å². The molecule has 0 aromatic carbocycles. The predicted octanol–water partition coefficient (Wildman–Crippen LogP) is 3.25. The zero-order valence-electron chi connectivity index (χ0n) is 10.2. The lowest BCUT2D eigenvalue weighted by Gasteiger charge is -2.18. The third-order valence-corrected chi connectivity index (χ3v) is 2.42. The topological polar surface area (TPSA) is 59.4 Å². The fourth-order valence-electron chi connectivity index (χ4n) is 1.10. The Kier molecular flexibility index (Phi) is 4.34. The maximum Gasteiger partial charge on any atom is 0.337 e. The van der Waals surface area contributed by atoms with E-state index in [2.05, 4.69) is 25.8 Å². The smallest absolute Gasteiger partial charge is 0.337 e. The van der Waals surface area contributed by atoms with E-state index in [1.54, 1.807) is 0 Å². The summed E-state index contributed by atoms with van der Waals surface area (Å²) in [6.45, 7) is 6.83. The molecule has 4 nitrogen and oxygen atoms in total. The van der Waals surface area contributed by atoms with E-state index in [4.69, 9.17) is 21.4 Å². The number of nitrogens with zero attached hydrogens (tertiary/aromatic N) is 1. The highest BCUT2D eigenvalue weighted by Crippen LogP contribution is 2.24. The van der Waals surface area contributed by atoms with Crippen LogP contribution in [0.1, 0.15) is 37.6 Å². The van der Waals surface area contributed by atoms with Gasteiger partial charge in [0.05, 0.1) is 12.2 Å². The van der Waals surface area contributed by atoms with Crippen LogP contribution in [0, 0.1) is 5.41 Å². The molecule has 0 bridgehead atoms. The third kappa shape index (κ3) is 4.61. The molecule has 94 valence electrons. The minimum absolute atomic E-state index is 0.0539. The third-order valence-electron chi connectivity index (χ3n) is 2.15. The number of halogens is 1. The second kappa shape index (κ2) is 5.36. The fraction of sp³-hybridized carbons (Fsp3) is 0.500. The van der Waals surface area contributed by atoms with E-state index in [0.717, 1.165) is 6.42 Å². The molecule has 1 heterocycles. The number of hydrogen-bond donors (Lipinski definition) is 1. The summed E-state index contributed by atoms with van der Waals surface area (Å²) in [5.74, 6) is -0.776. The van der Waals surface area contributed by atoms with Gasteiger partial charge in [-0.1, -0.05) is 32.4 Å². The van der Waals surface area contributed by atoms with E-state index in [9.17, 15) is 4.79 Å². The molecule has 5 heteroatoms. The van der Waals surface area contributed by atoms with Gasteiger partial charge in [-0.3, -0.25) is 0 Å². The van der Waals surface area contributed by atoms with Gasteiger partial charge in [-0.05, 0) is 17.9 Å². The molecule has 0 amide bonds. The number of aromatic carboxylic acids is 1. The summed E-state index contributed by atoms with van der Waals surface area (Å²) in [5.41, 5.74) is 0.228. The Bertz CT molecular complexity index is 413. The monoisotopic (exact) mass is 257 g/mol. The van der Waals surface area contributed by atoms with E-state index in [1.807, 2.05) is 0 Å². The lowest BCUT2D eigenvalue weighted by Crippen LogP contribution is -2.12. The first kappa shape index (κ1) is 13.8. The lowest BCUT2D eigenvalue weighted by molar-refractivity contribution is 0.0696. The van der Waals surface area contributed by atoms with Crippen molar-refractivity contribution in [1.29, 1.82) is 0 Å². The van der Waals surface area contributed by atoms with Crippen molar-refractivity contribution in [2.24, 2.45) is 5.41 Å². The van der Waals surface area contributed by atoms with Crippen molar-refractivity contribution >= 4 is 17.6 Å². The molecule has 0 fully saturated rings. The Morgan fingerprint density at radius 1 is 1.53 bits per heavy atom. The maximum absolute atomic E-state index is 10.7. The molecule has 17 heavy (non-hydrogen) atoms. The Labute approximate surface area is 106 Å². The van der Waals surface area contributed by atoms with E-state index in [1.165, 1.54) is 12.3 Å². The van der Waals surface area contributed by atoms with Gasteiger partial charge in [0.1, 0.15) is 5.02 Å². The van der Waals surface area contributed by atoms with Crippen molar-refractivity contribution in [3.63, 3.8) is 0 Å². The van der Waals surface area contributed by atoms with Crippen LogP contribution in [0.5, 0.6) is 5.88 Å². The second-order valence-electron chi connectivity index (χ2n) is 4.98. The van der Waals surface area contributed by atoms with Gasteiger partial charge in [0, 0.05) is 6.20 Å². The number of carboxylic acids is 1. The quantitative estimate of drug-likeness (QED) is 0.900. The molecule has 0 aliphatic carbocycles. The number of hydrogen-bond acceptors (Lipinski definition) is 3. The van der Waals surface area contributed by atoms with Crippen LogP contribution < -0.4 is 4.74 Å². The molecule has 1 aromatic rings. The Hall–Kier alpha value is -1.29. The number of rotatable bonds is 4. The van der Waals surface area contributed by atoms with Crippen molar-refractivity contribution in [3.8, 4) is 5.88 Å². The number of carbonyl (C=O) groups is 1. The van der Waals surface area contributed by atoms with Crippen LogP contribution in [0.4, 0.5) is 0 Å². The number of ether oxygens (including phenoxy) is 1. The molecule has 1 rings (SSSR count). The van der Waals surface area contributed by atoms with Gasteiger partial charge in [-0.15, -0.1) is 0 Å². The van der Waals surface area contributed by atoms with E-state index in [-0.39, 0.29) is 21.9 Å². The summed E-state index contributed by atoms with van der Waals surface area (Å²) < 4.78 is 5.41. The normalized spacial score (nSPS) is 11.3. The SMILES string of the molecule is CC(C)(C)CCOc1ncc(C(=O)O)cc1Cl. The summed E-state index contributed by atoms with van der Waals surface area (Å²) in [4.78, 5) is 14.6. The van der Waals surface area contributed by atoms with E-state index in [0.29, 0.717) is 6.61 Å². The Morgan fingerprint density at radius 3 is 2.65 bits per heavy atom. The first-order valence-corrected chi connectivity index (χ1v) is 5.69. The molecule has 0 aliphatic heterocycles. The number of carboxylic acid groups (broad SMARTS) is 1. The summed E-state index contributed by atoms with van der Waals surface area (Å²) in [6, 6.07) is 1.34. The Balaban J connectivity index is 2.64. The van der Waals surface area contributed by atoms with Crippen LogP contribution in [0.25, 0.3) is 0 Å². The molecular formula is C12H16ClNO3. The average Bonchev–Trinajstić information content (AvgIpc) is 2.18. The molecule has 1 aromatic heterocycles.